The molecule has 3 aromatic rings. The second kappa shape index (κ2) is 8.89. The first-order valence-corrected chi connectivity index (χ1v) is 12.3. The van der Waals surface area contributed by atoms with Crippen LogP contribution in [0.5, 0.6) is 5.88 Å². The van der Waals surface area contributed by atoms with Crippen LogP contribution in [0.4, 0.5) is 5.69 Å². The Kier molecular flexibility index (Phi) is 5.95. The number of aliphatic hydroxyl groups excluding tert-OH is 2. The first kappa shape index (κ1) is 22.1. The third-order valence-corrected chi connectivity index (χ3v) is 7.74. The molecule has 3 N–H and O–H groups in total. The molecular formula is C26H29N3O3S. The normalized spacial score (nSPS) is 25.3. The molecule has 0 amide bonds. The predicted molar refractivity (Wildman–Crippen MR) is 131 cm³/mol. The van der Waals surface area contributed by atoms with E-state index in [0.29, 0.717) is 12.0 Å². The minimum absolute atomic E-state index is 0.00307. The van der Waals surface area contributed by atoms with Gasteiger partial charge in [-0.05, 0) is 43.7 Å². The van der Waals surface area contributed by atoms with Crippen LogP contribution >= 0.6 is 11.8 Å². The van der Waals surface area contributed by atoms with Crippen molar-refractivity contribution in [1.82, 2.24) is 9.78 Å². The molecule has 1 fully saturated rings. The standard InChI is InChI=1S/C26H29N3O3S/c1-3-10-18-22(26(32)29(27-18)16-11-6-5-7-12-16)23-24(30)17(25(23)31)15-21-28(4-2)19-13-8-9-14-20(19)33-21/h5-9,11-15,17,23-25,30-32H,3-4,10H2,1-2H3. The summed E-state index contributed by atoms with van der Waals surface area (Å²) in [5.41, 5.74) is 3.19. The number of aromatic nitrogens is 2. The second-order valence-electron chi connectivity index (χ2n) is 8.58. The highest BCUT2D eigenvalue weighted by Gasteiger charge is 2.52. The Morgan fingerprint density at radius 1 is 1.00 bits per heavy atom. The van der Waals surface area contributed by atoms with Gasteiger partial charge in [-0.3, -0.25) is 0 Å². The molecule has 0 bridgehead atoms. The molecule has 7 heteroatoms. The summed E-state index contributed by atoms with van der Waals surface area (Å²) in [7, 11) is 0. The van der Waals surface area contributed by atoms with E-state index in [4.69, 9.17) is 0 Å². The van der Waals surface area contributed by atoms with E-state index < -0.39 is 24.0 Å². The Labute approximate surface area is 198 Å². The quantitative estimate of drug-likeness (QED) is 0.501. The zero-order valence-corrected chi connectivity index (χ0v) is 19.6. The largest absolute Gasteiger partial charge is 0.493 e. The minimum Gasteiger partial charge on any atom is -0.493 e. The number of rotatable bonds is 6. The number of thioether (sulfide) groups is 1. The van der Waals surface area contributed by atoms with Gasteiger partial charge in [0.25, 0.3) is 0 Å². The molecule has 1 aromatic heterocycles. The Morgan fingerprint density at radius 2 is 1.70 bits per heavy atom. The zero-order chi connectivity index (χ0) is 23.1. The Hall–Kier alpha value is -2.74. The van der Waals surface area contributed by atoms with Gasteiger partial charge in [0.1, 0.15) is 0 Å². The summed E-state index contributed by atoms with van der Waals surface area (Å²) in [6, 6.07) is 17.7. The van der Waals surface area contributed by atoms with E-state index in [1.165, 1.54) is 9.58 Å². The molecule has 0 saturated heterocycles. The number of nitrogens with zero attached hydrogens (tertiary/aromatic N) is 3. The van der Waals surface area contributed by atoms with Gasteiger partial charge in [0.2, 0.25) is 5.88 Å². The highest BCUT2D eigenvalue weighted by Crippen LogP contribution is 2.51. The summed E-state index contributed by atoms with van der Waals surface area (Å²) in [5.74, 6) is -0.985. The van der Waals surface area contributed by atoms with Crippen LogP contribution in [-0.4, -0.2) is 43.9 Å². The van der Waals surface area contributed by atoms with Crippen LogP contribution in [0, 0.1) is 5.92 Å². The van der Waals surface area contributed by atoms with Gasteiger partial charge < -0.3 is 20.2 Å². The smallest absolute Gasteiger partial charge is 0.218 e. The van der Waals surface area contributed by atoms with Crippen molar-refractivity contribution in [3.05, 3.63) is 77.0 Å². The average molecular weight is 464 g/mol. The number of hydrogen-bond acceptors (Lipinski definition) is 6. The number of anilines is 1. The first-order valence-electron chi connectivity index (χ1n) is 11.5. The van der Waals surface area contributed by atoms with Crippen LogP contribution in [0.15, 0.2) is 70.6 Å². The van der Waals surface area contributed by atoms with Gasteiger partial charge in [0.05, 0.1) is 34.3 Å². The fourth-order valence-corrected chi connectivity index (χ4v) is 6.14. The molecule has 2 aliphatic rings. The molecule has 33 heavy (non-hydrogen) atoms. The lowest BCUT2D eigenvalue weighted by molar-refractivity contribution is -0.0952. The summed E-state index contributed by atoms with van der Waals surface area (Å²) in [6.45, 7) is 4.96. The summed E-state index contributed by atoms with van der Waals surface area (Å²) >= 11 is 1.66. The van der Waals surface area contributed by atoms with E-state index in [0.717, 1.165) is 35.1 Å². The van der Waals surface area contributed by atoms with E-state index in [1.807, 2.05) is 48.5 Å². The number of aliphatic hydroxyl groups is 2. The lowest BCUT2D eigenvalue weighted by Crippen LogP contribution is -2.53. The molecule has 6 nitrogen and oxygen atoms in total. The van der Waals surface area contributed by atoms with Crippen LogP contribution in [0.1, 0.15) is 37.4 Å². The van der Waals surface area contributed by atoms with Crippen molar-refractivity contribution < 1.29 is 15.3 Å². The number of fused-ring (bicyclic) bond motifs is 1. The van der Waals surface area contributed by atoms with Crippen LogP contribution in [0.25, 0.3) is 5.69 Å². The van der Waals surface area contributed by atoms with E-state index >= 15 is 0 Å². The molecule has 1 aliphatic carbocycles. The van der Waals surface area contributed by atoms with Crippen molar-refractivity contribution in [2.24, 2.45) is 5.92 Å². The van der Waals surface area contributed by atoms with Crippen molar-refractivity contribution in [2.75, 3.05) is 11.4 Å². The maximum Gasteiger partial charge on any atom is 0.218 e. The molecule has 2 atom stereocenters. The molecule has 2 aromatic carbocycles. The van der Waals surface area contributed by atoms with E-state index in [-0.39, 0.29) is 5.88 Å². The SMILES string of the molecule is CCCc1nn(-c2ccccc2)c(O)c1C1C(O)C(C=C2Sc3ccccc3N2CC)C1O. The molecule has 1 aliphatic heterocycles. The van der Waals surface area contributed by atoms with Gasteiger partial charge in [0, 0.05) is 28.8 Å². The lowest BCUT2D eigenvalue weighted by Gasteiger charge is -2.45. The second-order valence-corrected chi connectivity index (χ2v) is 9.65. The van der Waals surface area contributed by atoms with Crippen LogP contribution < -0.4 is 4.90 Å². The molecule has 0 spiro atoms. The van der Waals surface area contributed by atoms with Gasteiger partial charge in [-0.1, -0.05) is 55.4 Å². The van der Waals surface area contributed by atoms with Crippen LogP contribution in [-0.2, 0) is 6.42 Å². The molecule has 2 unspecified atom stereocenters. The third-order valence-electron chi connectivity index (χ3n) is 6.61. The number of hydrogen-bond donors (Lipinski definition) is 3. The Morgan fingerprint density at radius 3 is 2.39 bits per heavy atom. The molecule has 1 saturated carbocycles. The molecular weight excluding hydrogens is 434 g/mol. The van der Waals surface area contributed by atoms with Crippen molar-refractivity contribution >= 4 is 17.4 Å². The number of aryl methyl sites for hydroxylation is 1. The Balaban J connectivity index is 1.45. The first-order chi connectivity index (χ1) is 16.0. The average Bonchev–Trinajstić information content (AvgIpc) is 3.35. The number of benzene rings is 2. The van der Waals surface area contributed by atoms with Crippen molar-refractivity contribution in [3.63, 3.8) is 0 Å². The summed E-state index contributed by atoms with van der Waals surface area (Å²) in [6.07, 6.45) is 1.90. The van der Waals surface area contributed by atoms with Crippen molar-refractivity contribution in [1.29, 1.82) is 0 Å². The van der Waals surface area contributed by atoms with Crippen molar-refractivity contribution in [3.8, 4) is 11.6 Å². The molecule has 172 valence electrons. The fourth-order valence-electron chi connectivity index (χ4n) is 4.92. The summed E-state index contributed by atoms with van der Waals surface area (Å²) in [4.78, 5) is 3.39. The predicted octanol–water partition coefficient (Wildman–Crippen LogP) is 4.44. The molecule has 5 rings (SSSR count). The fraction of sp³-hybridized carbons (Fsp3) is 0.346. The van der Waals surface area contributed by atoms with Gasteiger partial charge >= 0.3 is 0 Å². The van der Waals surface area contributed by atoms with Crippen LogP contribution in [0.3, 0.4) is 0 Å². The van der Waals surface area contributed by atoms with E-state index in [2.05, 4.69) is 36.0 Å². The van der Waals surface area contributed by atoms with E-state index in [1.54, 1.807) is 11.8 Å². The Bertz CT molecular complexity index is 1170. The maximum absolute atomic E-state index is 11.1. The minimum atomic E-state index is -0.801. The van der Waals surface area contributed by atoms with E-state index in [9.17, 15) is 15.3 Å². The van der Waals surface area contributed by atoms with Gasteiger partial charge in [0.15, 0.2) is 0 Å². The third kappa shape index (κ3) is 3.64. The van der Waals surface area contributed by atoms with Crippen LogP contribution in [0.2, 0.25) is 0 Å². The number of aromatic hydroxyl groups is 1. The monoisotopic (exact) mass is 463 g/mol. The summed E-state index contributed by atoms with van der Waals surface area (Å²) < 4.78 is 1.51. The zero-order valence-electron chi connectivity index (χ0n) is 18.8. The molecule has 0 radical (unpaired) electrons. The summed E-state index contributed by atoms with van der Waals surface area (Å²) in [5, 5.41) is 39.0. The van der Waals surface area contributed by atoms with Gasteiger partial charge in [-0.25, -0.2) is 4.68 Å². The topological polar surface area (TPSA) is 81.8 Å². The van der Waals surface area contributed by atoms with Gasteiger partial charge in [-0.2, -0.15) is 5.10 Å². The highest BCUT2D eigenvalue weighted by atomic mass is 32.2. The molecule has 2 heterocycles. The maximum atomic E-state index is 11.1. The highest BCUT2D eigenvalue weighted by molar-refractivity contribution is 8.03. The van der Waals surface area contributed by atoms with Crippen molar-refractivity contribution in [2.45, 2.75) is 49.7 Å². The van der Waals surface area contributed by atoms with Gasteiger partial charge in [-0.15, -0.1) is 0 Å². The lowest BCUT2D eigenvalue weighted by atomic mass is 9.65. The number of para-hydroxylation sites is 2.